The second kappa shape index (κ2) is 5.53. The van der Waals surface area contributed by atoms with Gasteiger partial charge in [0.2, 0.25) is 0 Å². The van der Waals surface area contributed by atoms with Gasteiger partial charge >= 0.3 is 5.97 Å². The van der Waals surface area contributed by atoms with Crippen LogP contribution in [-0.2, 0) is 19.1 Å². The Balaban J connectivity index is 1.79. The molecule has 0 amide bonds. The number of hydrogen-bond donors (Lipinski definition) is 0. The van der Waals surface area contributed by atoms with Crippen molar-refractivity contribution in [1.82, 2.24) is 0 Å². The number of ketones is 2. The van der Waals surface area contributed by atoms with E-state index in [2.05, 4.69) is 0 Å². The highest BCUT2D eigenvalue weighted by Gasteiger charge is 2.59. The summed E-state index contributed by atoms with van der Waals surface area (Å²) in [7, 11) is 0. The molecule has 0 aromatic heterocycles. The number of ether oxygens (including phenoxy) is 1. The maximum Gasteiger partial charge on any atom is 0.306 e. The van der Waals surface area contributed by atoms with Gasteiger partial charge < -0.3 is 4.74 Å². The summed E-state index contributed by atoms with van der Waals surface area (Å²) in [4.78, 5) is 37.0. The van der Waals surface area contributed by atoms with Crippen LogP contribution in [-0.4, -0.2) is 23.1 Å². The van der Waals surface area contributed by atoms with Gasteiger partial charge in [0.15, 0.2) is 5.78 Å². The van der Waals surface area contributed by atoms with Crippen molar-refractivity contribution in [1.29, 1.82) is 0 Å². The highest BCUT2D eigenvalue weighted by Crippen LogP contribution is 2.62. The molecular formula is C20H28O4. The molecule has 0 N–H and O–H groups in total. The van der Waals surface area contributed by atoms with E-state index >= 15 is 0 Å². The lowest BCUT2D eigenvalue weighted by Gasteiger charge is -2.57. The Morgan fingerprint density at radius 3 is 2.67 bits per heavy atom. The number of hydrogen-bond acceptors (Lipinski definition) is 4. The van der Waals surface area contributed by atoms with Crippen molar-refractivity contribution in [3.63, 3.8) is 0 Å². The molecule has 1 spiro atoms. The van der Waals surface area contributed by atoms with Crippen molar-refractivity contribution >= 4 is 17.5 Å². The molecule has 3 saturated carbocycles. The fourth-order valence-corrected chi connectivity index (χ4v) is 5.04. The quantitative estimate of drug-likeness (QED) is 0.741. The third-order valence-electron chi connectivity index (χ3n) is 6.30. The van der Waals surface area contributed by atoms with Gasteiger partial charge in [0.25, 0.3) is 0 Å². The van der Waals surface area contributed by atoms with E-state index in [9.17, 15) is 14.4 Å². The van der Waals surface area contributed by atoms with Gasteiger partial charge in [0, 0.05) is 24.2 Å². The highest BCUT2D eigenvalue weighted by molar-refractivity contribution is 5.97. The number of carbonyl (C=O) groups excluding carboxylic acids is 3. The minimum absolute atomic E-state index is 0.0988. The third-order valence-corrected chi connectivity index (χ3v) is 6.30. The lowest BCUT2D eigenvalue weighted by molar-refractivity contribution is -0.159. The molecule has 24 heavy (non-hydrogen) atoms. The van der Waals surface area contributed by atoms with E-state index in [1.165, 1.54) is 0 Å². The summed E-state index contributed by atoms with van der Waals surface area (Å²) in [5.74, 6) is 0.475. The first-order valence-electron chi connectivity index (χ1n) is 9.04. The Morgan fingerprint density at radius 2 is 2.04 bits per heavy atom. The molecule has 132 valence electrons. The number of carbonyl (C=O) groups is 3. The summed E-state index contributed by atoms with van der Waals surface area (Å²) in [5.41, 5.74) is -1.24. The van der Waals surface area contributed by atoms with E-state index in [0.29, 0.717) is 18.6 Å². The molecule has 4 atom stereocenters. The number of Topliss-reactive ketones (excluding diaryl/α,β-unsaturated/α-hetero) is 1. The maximum absolute atomic E-state index is 12.7. The molecule has 4 aliphatic carbocycles. The molecule has 4 nitrogen and oxygen atoms in total. The lowest BCUT2D eigenvalue weighted by Crippen LogP contribution is -2.56. The average molecular weight is 332 g/mol. The van der Waals surface area contributed by atoms with Crippen LogP contribution < -0.4 is 0 Å². The molecule has 0 heterocycles. The van der Waals surface area contributed by atoms with Crippen LogP contribution in [0.25, 0.3) is 0 Å². The number of esters is 1. The van der Waals surface area contributed by atoms with Gasteiger partial charge in [0.1, 0.15) is 11.4 Å². The topological polar surface area (TPSA) is 60.4 Å². The van der Waals surface area contributed by atoms with Gasteiger partial charge in [-0.2, -0.15) is 0 Å². The smallest absolute Gasteiger partial charge is 0.306 e. The summed E-state index contributed by atoms with van der Waals surface area (Å²) in [6.07, 6.45) is 7.70. The Kier molecular flexibility index (Phi) is 4.01. The van der Waals surface area contributed by atoms with Gasteiger partial charge in [-0.15, -0.1) is 0 Å². The summed E-state index contributed by atoms with van der Waals surface area (Å²) in [6.45, 7) is 7.53. The lowest BCUT2D eigenvalue weighted by atomic mass is 9.45. The molecule has 4 heteroatoms. The van der Waals surface area contributed by atoms with Crippen LogP contribution in [0.15, 0.2) is 12.2 Å². The highest BCUT2D eigenvalue weighted by atomic mass is 16.6. The second-order valence-corrected chi connectivity index (χ2v) is 9.10. The Labute approximate surface area is 144 Å². The largest absolute Gasteiger partial charge is 0.460 e. The molecule has 3 fully saturated rings. The predicted molar refractivity (Wildman–Crippen MR) is 90.2 cm³/mol. The zero-order valence-electron chi connectivity index (χ0n) is 15.2. The van der Waals surface area contributed by atoms with Crippen molar-refractivity contribution in [2.75, 3.05) is 0 Å². The van der Waals surface area contributed by atoms with Crippen LogP contribution in [0, 0.1) is 22.7 Å². The zero-order chi connectivity index (χ0) is 17.8. The van der Waals surface area contributed by atoms with Crippen molar-refractivity contribution in [3.8, 4) is 0 Å². The molecule has 0 aromatic rings. The van der Waals surface area contributed by atoms with Crippen LogP contribution in [0.3, 0.4) is 0 Å². The summed E-state index contributed by atoms with van der Waals surface area (Å²) >= 11 is 0. The van der Waals surface area contributed by atoms with E-state index in [1.54, 1.807) is 6.08 Å². The van der Waals surface area contributed by atoms with Crippen molar-refractivity contribution in [3.05, 3.63) is 12.2 Å². The first kappa shape index (κ1) is 17.4. The molecule has 3 unspecified atom stereocenters. The van der Waals surface area contributed by atoms with Gasteiger partial charge in [-0.3, -0.25) is 14.4 Å². The van der Waals surface area contributed by atoms with Gasteiger partial charge in [-0.05, 0) is 63.9 Å². The fourth-order valence-electron chi connectivity index (χ4n) is 5.04. The Hall–Kier alpha value is -1.45. The van der Waals surface area contributed by atoms with E-state index in [0.717, 1.165) is 19.3 Å². The fraction of sp³-hybridized carbons (Fsp3) is 0.750. The van der Waals surface area contributed by atoms with Gasteiger partial charge in [-0.25, -0.2) is 0 Å². The van der Waals surface area contributed by atoms with Crippen LogP contribution in [0.5, 0.6) is 0 Å². The van der Waals surface area contributed by atoms with E-state index in [1.807, 2.05) is 33.8 Å². The molecule has 0 saturated heterocycles. The molecule has 4 rings (SSSR count). The zero-order valence-corrected chi connectivity index (χ0v) is 15.2. The summed E-state index contributed by atoms with van der Waals surface area (Å²) in [6, 6.07) is 0. The van der Waals surface area contributed by atoms with Crippen LogP contribution in [0.4, 0.5) is 0 Å². The predicted octanol–water partition coefficient (Wildman–Crippen LogP) is 3.63. The standard InChI is InChI=1S/C20H28O4/c1-18(2,3)24-17(23)7-8-19(4)15-11-13-5-9-20(15,12-14(13)21)10-6-16(19)22/h6,10,13,15H,5,7-9,11-12H2,1-4H3/t13?,15?,19-,20?/m0/s1. The van der Waals surface area contributed by atoms with Crippen molar-refractivity contribution in [2.45, 2.75) is 71.8 Å². The third kappa shape index (κ3) is 2.84. The molecule has 0 aromatic carbocycles. The molecule has 0 aliphatic heterocycles. The average Bonchev–Trinajstić information content (AvgIpc) is 2.48. The molecule has 2 bridgehead atoms. The first-order chi connectivity index (χ1) is 11.1. The number of fused-ring (bicyclic) bond motifs is 2. The normalized spacial score (nSPS) is 38.2. The SMILES string of the molecule is CC(C)(C)OC(=O)CC[C@]1(C)C(=O)C=CC23CCC(CC21)C(=O)C3. The Morgan fingerprint density at radius 1 is 1.33 bits per heavy atom. The van der Waals surface area contributed by atoms with Gasteiger partial charge in [-0.1, -0.05) is 13.0 Å². The van der Waals surface area contributed by atoms with Crippen molar-refractivity contribution in [2.24, 2.45) is 22.7 Å². The van der Waals surface area contributed by atoms with Crippen LogP contribution in [0.2, 0.25) is 0 Å². The van der Waals surface area contributed by atoms with Crippen LogP contribution in [0.1, 0.15) is 66.2 Å². The second-order valence-electron chi connectivity index (χ2n) is 9.10. The minimum Gasteiger partial charge on any atom is -0.460 e. The summed E-state index contributed by atoms with van der Waals surface area (Å²) in [5, 5.41) is 0. The van der Waals surface area contributed by atoms with Gasteiger partial charge in [0.05, 0.1) is 0 Å². The van der Waals surface area contributed by atoms with E-state index in [-0.39, 0.29) is 35.4 Å². The molecule has 0 radical (unpaired) electrons. The van der Waals surface area contributed by atoms with Crippen LogP contribution >= 0.6 is 0 Å². The van der Waals surface area contributed by atoms with E-state index in [4.69, 9.17) is 4.74 Å². The minimum atomic E-state index is -0.564. The monoisotopic (exact) mass is 332 g/mol. The van der Waals surface area contributed by atoms with Crippen molar-refractivity contribution < 1.29 is 19.1 Å². The maximum atomic E-state index is 12.7. The first-order valence-corrected chi connectivity index (χ1v) is 9.04. The number of allylic oxidation sites excluding steroid dienone is 2. The number of rotatable bonds is 3. The van der Waals surface area contributed by atoms with E-state index < -0.39 is 11.0 Å². The molecule has 4 aliphatic rings. The molecular weight excluding hydrogens is 304 g/mol. The summed E-state index contributed by atoms with van der Waals surface area (Å²) < 4.78 is 5.40. The Bertz CT molecular complexity index is 612.